The van der Waals surface area contributed by atoms with Crippen LogP contribution in [-0.4, -0.2) is 24.1 Å². The van der Waals surface area contributed by atoms with Gasteiger partial charge in [0.05, 0.1) is 5.69 Å². The number of hydrogen-bond donors (Lipinski definition) is 1. The van der Waals surface area contributed by atoms with Gasteiger partial charge in [-0.1, -0.05) is 0 Å². The molecule has 0 aliphatic heterocycles. The minimum atomic E-state index is 0.431. The second kappa shape index (κ2) is 3.67. The number of aryl methyl sites for hydroxylation is 1. The first-order chi connectivity index (χ1) is 8.29. The maximum Gasteiger partial charge on any atom is 0.160 e. The first-order valence-electron chi connectivity index (χ1n) is 5.31. The van der Waals surface area contributed by atoms with Crippen molar-refractivity contribution in [3.63, 3.8) is 0 Å². The van der Waals surface area contributed by atoms with Crippen LogP contribution in [0.5, 0.6) is 0 Å². The summed E-state index contributed by atoms with van der Waals surface area (Å²) in [6.45, 7) is 0.431. The highest BCUT2D eigenvalue weighted by Crippen LogP contribution is 2.16. The zero-order valence-corrected chi connectivity index (χ0v) is 9.41. The molecule has 6 nitrogen and oxygen atoms in total. The number of imidazole rings is 1. The van der Waals surface area contributed by atoms with Crippen molar-refractivity contribution in [2.45, 2.75) is 6.54 Å². The summed E-state index contributed by atoms with van der Waals surface area (Å²) < 4.78 is 3.67. The fourth-order valence-electron chi connectivity index (χ4n) is 1.82. The van der Waals surface area contributed by atoms with Gasteiger partial charge in [-0.15, -0.1) is 0 Å². The number of nitrogens with two attached hydrogens (primary N) is 1. The van der Waals surface area contributed by atoms with Crippen molar-refractivity contribution in [2.75, 3.05) is 0 Å². The zero-order chi connectivity index (χ0) is 11.8. The summed E-state index contributed by atoms with van der Waals surface area (Å²) in [5, 5.41) is 4.48. The van der Waals surface area contributed by atoms with E-state index in [9.17, 15) is 0 Å². The van der Waals surface area contributed by atoms with Crippen molar-refractivity contribution in [2.24, 2.45) is 12.8 Å². The van der Waals surface area contributed by atoms with Crippen LogP contribution in [0.3, 0.4) is 0 Å². The summed E-state index contributed by atoms with van der Waals surface area (Å²) in [5.74, 6) is 0.818. The summed E-state index contributed by atoms with van der Waals surface area (Å²) in [7, 11) is 1.93. The summed E-state index contributed by atoms with van der Waals surface area (Å²) >= 11 is 0. The second-order valence-corrected chi connectivity index (χ2v) is 3.80. The normalized spacial score (nSPS) is 11.2. The third kappa shape index (κ3) is 1.50. The van der Waals surface area contributed by atoms with Gasteiger partial charge in [0.2, 0.25) is 0 Å². The highest BCUT2D eigenvalue weighted by Gasteiger charge is 2.10. The lowest BCUT2D eigenvalue weighted by Gasteiger charge is -1.99. The van der Waals surface area contributed by atoms with Crippen molar-refractivity contribution < 1.29 is 0 Å². The molecule has 0 fully saturated rings. The summed E-state index contributed by atoms with van der Waals surface area (Å²) in [5.41, 5.74) is 8.17. The maximum absolute atomic E-state index is 5.66. The lowest BCUT2D eigenvalue weighted by molar-refractivity contribution is 0.829. The Morgan fingerprint density at radius 2 is 2.18 bits per heavy atom. The number of fused-ring (bicyclic) bond motifs is 1. The molecule has 0 spiro atoms. The Balaban J connectivity index is 2.24. The molecule has 0 atom stereocenters. The monoisotopic (exact) mass is 228 g/mol. The molecular weight excluding hydrogens is 216 g/mol. The van der Waals surface area contributed by atoms with Crippen LogP contribution in [0.15, 0.2) is 30.7 Å². The zero-order valence-electron chi connectivity index (χ0n) is 9.41. The van der Waals surface area contributed by atoms with Crippen molar-refractivity contribution in [3.05, 3.63) is 36.4 Å². The van der Waals surface area contributed by atoms with E-state index in [1.165, 1.54) is 0 Å². The molecule has 2 N–H and O–H groups in total. The first-order valence-corrected chi connectivity index (χ1v) is 5.31. The number of nitrogens with zero attached hydrogens (tertiary/aromatic N) is 5. The third-order valence-corrected chi connectivity index (χ3v) is 2.70. The second-order valence-electron chi connectivity index (χ2n) is 3.80. The van der Waals surface area contributed by atoms with Gasteiger partial charge in [-0.3, -0.25) is 0 Å². The van der Waals surface area contributed by atoms with E-state index >= 15 is 0 Å². The largest absolute Gasteiger partial charge is 0.333 e. The highest BCUT2D eigenvalue weighted by molar-refractivity contribution is 5.57. The molecule has 0 saturated heterocycles. The molecule has 0 bridgehead atoms. The Hall–Kier alpha value is -2.21. The van der Waals surface area contributed by atoms with Gasteiger partial charge < -0.3 is 10.3 Å². The molecule has 17 heavy (non-hydrogen) atoms. The molecule has 0 amide bonds. The molecule has 0 saturated carbocycles. The number of hydrogen-bond acceptors (Lipinski definition) is 4. The van der Waals surface area contributed by atoms with E-state index in [1.54, 1.807) is 16.9 Å². The predicted octanol–water partition coefficient (Wildman–Crippen LogP) is 0.588. The van der Waals surface area contributed by atoms with E-state index in [0.29, 0.717) is 6.54 Å². The summed E-state index contributed by atoms with van der Waals surface area (Å²) in [4.78, 5) is 8.52. The average Bonchev–Trinajstić information content (AvgIpc) is 2.93. The van der Waals surface area contributed by atoms with Gasteiger partial charge in [-0.2, -0.15) is 5.10 Å². The van der Waals surface area contributed by atoms with Gasteiger partial charge in [0.1, 0.15) is 5.69 Å². The van der Waals surface area contributed by atoms with Gasteiger partial charge in [0.15, 0.2) is 11.5 Å². The smallest absolute Gasteiger partial charge is 0.160 e. The van der Waals surface area contributed by atoms with Crippen LogP contribution in [0.1, 0.15) is 5.69 Å². The molecule has 0 aromatic carbocycles. The molecule has 3 aromatic heterocycles. The van der Waals surface area contributed by atoms with E-state index in [2.05, 4.69) is 15.1 Å². The molecule has 3 heterocycles. The summed E-state index contributed by atoms with van der Waals surface area (Å²) in [6.07, 6.45) is 5.37. The number of rotatable bonds is 2. The van der Waals surface area contributed by atoms with Gasteiger partial charge in [-0.25, -0.2) is 14.5 Å². The van der Waals surface area contributed by atoms with Crippen molar-refractivity contribution >= 4 is 5.65 Å². The lowest BCUT2D eigenvalue weighted by Crippen LogP contribution is -2.05. The molecule has 0 aliphatic rings. The standard InChI is InChI=1S/C11H12N6/c1-16-5-4-14-11(16)9-6-10-13-3-2-8(7-12)17(10)15-9/h2-6H,7,12H2,1H3. The Morgan fingerprint density at radius 3 is 2.88 bits per heavy atom. The SMILES string of the molecule is Cn1ccnc1-c1cc2nccc(CN)n2n1. The first kappa shape index (κ1) is 9.98. The Morgan fingerprint density at radius 1 is 1.29 bits per heavy atom. The Kier molecular flexibility index (Phi) is 2.15. The highest BCUT2D eigenvalue weighted by atomic mass is 15.3. The van der Waals surface area contributed by atoms with Gasteiger partial charge >= 0.3 is 0 Å². The minimum Gasteiger partial charge on any atom is -0.333 e. The topological polar surface area (TPSA) is 74.0 Å². The predicted molar refractivity (Wildman–Crippen MR) is 63.1 cm³/mol. The molecule has 86 valence electrons. The van der Waals surface area contributed by atoms with E-state index in [0.717, 1.165) is 22.9 Å². The lowest BCUT2D eigenvalue weighted by atomic mass is 10.4. The van der Waals surface area contributed by atoms with E-state index in [4.69, 9.17) is 5.73 Å². The van der Waals surface area contributed by atoms with Crippen LogP contribution in [0, 0.1) is 0 Å². The van der Waals surface area contributed by atoms with Crippen molar-refractivity contribution in [1.29, 1.82) is 0 Å². The van der Waals surface area contributed by atoms with Crippen LogP contribution < -0.4 is 5.73 Å². The van der Waals surface area contributed by atoms with Crippen LogP contribution in [0.25, 0.3) is 17.2 Å². The van der Waals surface area contributed by atoms with E-state index < -0.39 is 0 Å². The van der Waals surface area contributed by atoms with Crippen LogP contribution in [-0.2, 0) is 13.6 Å². The van der Waals surface area contributed by atoms with Crippen molar-refractivity contribution in [3.8, 4) is 11.5 Å². The third-order valence-electron chi connectivity index (χ3n) is 2.70. The van der Waals surface area contributed by atoms with Crippen LogP contribution >= 0.6 is 0 Å². The van der Waals surface area contributed by atoms with Gasteiger partial charge in [0.25, 0.3) is 0 Å². The molecule has 0 unspecified atom stereocenters. The number of aromatic nitrogens is 5. The Labute approximate surface area is 97.7 Å². The molecular formula is C11H12N6. The fraction of sp³-hybridized carbons (Fsp3) is 0.182. The van der Waals surface area contributed by atoms with Crippen LogP contribution in [0.4, 0.5) is 0 Å². The van der Waals surface area contributed by atoms with E-state index in [-0.39, 0.29) is 0 Å². The molecule has 0 radical (unpaired) electrons. The quantitative estimate of drug-likeness (QED) is 0.696. The Bertz CT molecular complexity index is 665. The van der Waals surface area contributed by atoms with Crippen molar-refractivity contribution in [1.82, 2.24) is 24.1 Å². The molecule has 6 heteroatoms. The van der Waals surface area contributed by atoms with E-state index in [1.807, 2.05) is 29.9 Å². The van der Waals surface area contributed by atoms with Gasteiger partial charge in [0, 0.05) is 38.2 Å². The maximum atomic E-state index is 5.66. The summed E-state index contributed by atoms with van der Waals surface area (Å²) in [6, 6.07) is 3.77. The average molecular weight is 228 g/mol. The molecule has 3 rings (SSSR count). The molecule has 3 aromatic rings. The minimum absolute atomic E-state index is 0.431. The van der Waals surface area contributed by atoms with Gasteiger partial charge in [-0.05, 0) is 6.07 Å². The molecule has 0 aliphatic carbocycles. The van der Waals surface area contributed by atoms with Crippen LogP contribution in [0.2, 0.25) is 0 Å². The fourth-order valence-corrected chi connectivity index (χ4v) is 1.82.